The van der Waals surface area contributed by atoms with Gasteiger partial charge < -0.3 is 4.84 Å². The monoisotopic (exact) mass is 237 g/mol. The summed E-state index contributed by atoms with van der Waals surface area (Å²) in [7, 11) is 0. The Balaban J connectivity index is 2.40. The summed E-state index contributed by atoms with van der Waals surface area (Å²) < 4.78 is 7.88. The largest absolute Gasteiger partial charge is 0.332 e. The zero-order valence-electron chi connectivity index (χ0n) is 8.55. The molecule has 0 saturated heterocycles. The normalized spacial score (nSPS) is 17.0. The molecular weight excluding hydrogens is 230 g/mol. The molecule has 2 rings (SSSR count). The van der Waals surface area contributed by atoms with Crippen LogP contribution in [0.15, 0.2) is 11.2 Å². The molecule has 0 unspecified atom stereocenters. The second kappa shape index (κ2) is 3.93. The van der Waals surface area contributed by atoms with Crippen LogP contribution in [0.25, 0.3) is 5.57 Å². The van der Waals surface area contributed by atoms with E-state index in [-0.39, 0.29) is 17.2 Å². The van der Waals surface area contributed by atoms with Crippen LogP contribution in [0.1, 0.15) is 30.0 Å². The second-order valence-corrected chi connectivity index (χ2v) is 3.71. The molecule has 0 fully saturated rings. The zero-order chi connectivity index (χ0) is 11.7. The molecule has 0 aliphatic heterocycles. The van der Waals surface area contributed by atoms with Crippen molar-refractivity contribution in [2.75, 3.05) is 0 Å². The molecule has 0 amide bonds. The number of nitrogens with zero attached hydrogens (tertiary/aromatic N) is 3. The molecule has 0 saturated carbocycles. The van der Waals surface area contributed by atoms with Gasteiger partial charge in [0.1, 0.15) is 5.69 Å². The van der Waals surface area contributed by atoms with Crippen molar-refractivity contribution in [3.63, 3.8) is 0 Å². The summed E-state index contributed by atoms with van der Waals surface area (Å²) in [6.07, 6.45) is 1.52. The molecule has 1 aromatic rings. The number of hydrogen-bond acceptors (Lipinski definition) is 7. The lowest BCUT2D eigenvalue weighted by atomic mass is 9.99. The van der Waals surface area contributed by atoms with Gasteiger partial charge in [0.25, 0.3) is 0 Å². The summed E-state index contributed by atoms with van der Waals surface area (Å²) in [6.45, 7) is 3.00. The van der Waals surface area contributed by atoms with Crippen LogP contribution in [0, 0.1) is 0 Å². The van der Waals surface area contributed by atoms with E-state index in [0.717, 1.165) is 17.3 Å². The molecule has 0 bridgehead atoms. The molecule has 0 radical (unpaired) electrons. The van der Waals surface area contributed by atoms with Crippen molar-refractivity contribution in [2.24, 2.45) is 5.16 Å². The van der Waals surface area contributed by atoms with Crippen LogP contribution in [-0.4, -0.2) is 26.2 Å². The average Bonchev–Trinajstić information content (AvgIpc) is 2.70. The van der Waals surface area contributed by atoms with Crippen LogP contribution in [0.3, 0.4) is 0 Å². The van der Waals surface area contributed by atoms with Crippen LogP contribution in [0.2, 0.25) is 0 Å². The maximum atomic E-state index is 11.8. The highest BCUT2D eigenvalue weighted by atomic mass is 32.1. The summed E-state index contributed by atoms with van der Waals surface area (Å²) in [5, 5.41) is 3.47. The molecule has 0 N–H and O–H groups in total. The van der Waals surface area contributed by atoms with Crippen LogP contribution < -0.4 is 0 Å². The zero-order valence-corrected chi connectivity index (χ0v) is 9.37. The van der Waals surface area contributed by atoms with Crippen molar-refractivity contribution in [3.05, 3.63) is 17.5 Å². The van der Waals surface area contributed by atoms with E-state index < -0.39 is 5.97 Å². The summed E-state index contributed by atoms with van der Waals surface area (Å²) in [5.74, 6) is -0.954. The third-order valence-corrected chi connectivity index (χ3v) is 2.46. The Bertz CT molecular complexity index is 530. The van der Waals surface area contributed by atoms with E-state index in [1.165, 1.54) is 13.0 Å². The average molecular weight is 237 g/mol. The summed E-state index contributed by atoms with van der Waals surface area (Å²) in [6, 6.07) is 0. The Labute approximate surface area is 94.9 Å². The Morgan fingerprint density at radius 1 is 1.44 bits per heavy atom. The summed E-state index contributed by atoms with van der Waals surface area (Å²) in [4.78, 5) is 26.8. The fourth-order valence-corrected chi connectivity index (χ4v) is 1.84. The number of allylic oxidation sites excluding steroid dienone is 2. The maximum Gasteiger partial charge on any atom is 0.332 e. The van der Waals surface area contributed by atoms with E-state index in [1.54, 1.807) is 6.92 Å². The van der Waals surface area contributed by atoms with Gasteiger partial charge in [-0.1, -0.05) is 5.16 Å². The number of hydrogen-bond donors (Lipinski definition) is 0. The SMILES string of the molecule is CC(=O)O/N=C1/C=C(C)c2nsnc2C1=O. The van der Waals surface area contributed by atoms with Gasteiger partial charge in [-0.3, -0.25) is 4.79 Å². The Morgan fingerprint density at radius 2 is 2.12 bits per heavy atom. The van der Waals surface area contributed by atoms with E-state index in [2.05, 4.69) is 18.7 Å². The predicted octanol–water partition coefficient (Wildman–Crippen LogP) is 1.06. The summed E-state index contributed by atoms with van der Waals surface area (Å²) in [5.41, 5.74) is 1.66. The van der Waals surface area contributed by atoms with Crippen LogP contribution in [-0.2, 0) is 9.63 Å². The quantitative estimate of drug-likeness (QED) is 0.538. The minimum absolute atomic E-state index is 0.0629. The van der Waals surface area contributed by atoms with Crippen molar-refractivity contribution in [3.8, 4) is 0 Å². The molecule has 6 nitrogen and oxygen atoms in total. The molecule has 1 aliphatic rings. The number of rotatable bonds is 1. The lowest BCUT2D eigenvalue weighted by Crippen LogP contribution is -2.19. The van der Waals surface area contributed by atoms with Gasteiger partial charge in [0.2, 0.25) is 5.78 Å². The van der Waals surface area contributed by atoms with Crippen molar-refractivity contribution < 1.29 is 14.4 Å². The Hall–Kier alpha value is -1.89. The molecule has 16 heavy (non-hydrogen) atoms. The van der Waals surface area contributed by atoms with Gasteiger partial charge in [-0.25, -0.2) is 4.79 Å². The Morgan fingerprint density at radius 3 is 2.81 bits per heavy atom. The van der Waals surface area contributed by atoms with Gasteiger partial charge in [0, 0.05) is 6.92 Å². The first-order valence-corrected chi connectivity index (χ1v) is 5.14. The van der Waals surface area contributed by atoms with Crippen LogP contribution >= 0.6 is 11.7 Å². The predicted molar refractivity (Wildman–Crippen MR) is 57.1 cm³/mol. The third-order valence-electron chi connectivity index (χ3n) is 1.94. The van der Waals surface area contributed by atoms with E-state index in [0.29, 0.717) is 5.69 Å². The molecule has 0 aromatic carbocycles. The number of oxime groups is 1. The van der Waals surface area contributed by atoms with E-state index in [1.807, 2.05) is 0 Å². The summed E-state index contributed by atoms with van der Waals surface area (Å²) >= 11 is 0.965. The highest BCUT2D eigenvalue weighted by Crippen LogP contribution is 2.22. The molecule has 0 spiro atoms. The number of ketones is 1. The van der Waals surface area contributed by atoms with Crippen molar-refractivity contribution in [2.45, 2.75) is 13.8 Å². The highest BCUT2D eigenvalue weighted by molar-refractivity contribution is 6.99. The first kappa shape index (κ1) is 10.6. The van der Waals surface area contributed by atoms with Gasteiger partial charge in [0.05, 0.1) is 11.7 Å². The van der Waals surface area contributed by atoms with Gasteiger partial charge in [-0.15, -0.1) is 0 Å². The molecule has 1 aliphatic carbocycles. The fourth-order valence-electron chi connectivity index (χ4n) is 1.24. The van der Waals surface area contributed by atoms with Crippen LogP contribution in [0.5, 0.6) is 0 Å². The highest BCUT2D eigenvalue weighted by Gasteiger charge is 2.27. The minimum Gasteiger partial charge on any atom is -0.318 e. The molecule has 82 valence electrons. The fraction of sp³-hybridized carbons (Fsp3) is 0.222. The van der Waals surface area contributed by atoms with E-state index >= 15 is 0 Å². The number of Topliss-reactive ketones (excluding diaryl/α,β-unsaturated/α-hetero) is 1. The first-order valence-electron chi connectivity index (χ1n) is 4.41. The molecular formula is C9H7N3O3S. The van der Waals surface area contributed by atoms with Gasteiger partial charge in [-0.05, 0) is 18.6 Å². The maximum absolute atomic E-state index is 11.8. The number of carbonyl (C=O) groups excluding carboxylic acids is 2. The molecule has 0 atom stereocenters. The van der Waals surface area contributed by atoms with E-state index in [9.17, 15) is 9.59 Å². The molecule has 1 heterocycles. The van der Waals surface area contributed by atoms with Crippen molar-refractivity contribution in [1.82, 2.24) is 8.75 Å². The Kier molecular flexibility index (Phi) is 2.61. The van der Waals surface area contributed by atoms with Gasteiger partial charge >= 0.3 is 5.97 Å². The smallest absolute Gasteiger partial charge is 0.318 e. The van der Waals surface area contributed by atoms with Gasteiger partial charge in [-0.2, -0.15) is 8.75 Å². The number of aromatic nitrogens is 2. The van der Waals surface area contributed by atoms with Crippen molar-refractivity contribution in [1.29, 1.82) is 0 Å². The second-order valence-electron chi connectivity index (χ2n) is 3.18. The lowest BCUT2D eigenvalue weighted by Gasteiger charge is -2.07. The van der Waals surface area contributed by atoms with Crippen LogP contribution in [0.4, 0.5) is 0 Å². The standard InChI is InChI=1S/C9H7N3O3S/c1-4-3-6(10-15-5(2)13)9(14)8-7(4)11-16-12-8/h3H,1-2H3/b10-6-. The first-order chi connectivity index (χ1) is 7.59. The third kappa shape index (κ3) is 1.76. The van der Waals surface area contributed by atoms with Gasteiger partial charge in [0.15, 0.2) is 11.4 Å². The lowest BCUT2D eigenvalue weighted by molar-refractivity contribution is -0.140. The van der Waals surface area contributed by atoms with E-state index in [4.69, 9.17) is 0 Å². The minimum atomic E-state index is -0.575. The number of fused-ring (bicyclic) bond motifs is 1. The van der Waals surface area contributed by atoms with Crippen molar-refractivity contribution >= 4 is 34.8 Å². The number of carbonyl (C=O) groups is 2. The molecule has 7 heteroatoms. The molecule has 1 aromatic heterocycles. The topological polar surface area (TPSA) is 81.5 Å².